The van der Waals surface area contributed by atoms with Crippen LogP contribution in [0.25, 0.3) is 0 Å². The van der Waals surface area contributed by atoms with Gasteiger partial charge < -0.3 is 0 Å². The number of nitrogens with one attached hydrogen (secondary N) is 1. The van der Waals surface area contributed by atoms with E-state index in [1.807, 2.05) is 20.8 Å². The minimum atomic E-state index is -0.171. The Labute approximate surface area is 92.5 Å². The zero-order chi connectivity index (χ0) is 10.7. The molecule has 80 valence electrons. The molecule has 0 unspecified atom stereocenters. The van der Waals surface area contributed by atoms with E-state index in [-0.39, 0.29) is 32.4 Å². The van der Waals surface area contributed by atoms with E-state index in [1.54, 1.807) is 0 Å². The molecule has 0 heterocycles. The van der Waals surface area contributed by atoms with Crippen molar-refractivity contribution in [3.8, 4) is 0 Å². The Morgan fingerprint density at radius 1 is 1.15 bits per heavy atom. The molecule has 1 N–H and O–H groups in total. The summed E-state index contributed by atoms with van der Waals surface area (Å²) in [5, 5.41) is 0. The van der Waals surface area contributed by atoms with Crippen molar-refractivity contribution in [1.82, 2.24) is 3.53 Å². The maximum absolute atomic E-state index is 11.5. The van der Waals surface area contributed by atoms with E-state index < -0.39 is 0 Å². The summed E-state index contributed by atoms with van der Waals surface area (Å²) in [6.07, 6.45) is 0. The Kier molecular flexibility index (Phi) is 4.86. The van der Waals surface area contributed by atoms with E-state index in [4.69, 9.17) is 0 Å². The SMILES string of the molecule is CC(C)(C)N[I-]CC(=O)C(C)(C)C. The molecule has 0 fully saturated rings. The number of rotatable bonds is 3. The average molecular weight is 298 g/mol. The Hall–Kier alpha value is 0.360. The fourth-order valence-corrected chi connectivity index (χ4v) is 3.32. The van der Waals surface area contributed by atoms with Crippen molar-refractivity contribution >= 4 is 5.78 Å². The van der Waals surface area contributed by atoms with E-state index in [0.29, 0.717) is 5.78 Å². The van der Waals surface area contributed by atoms with Crippen LogP contribution in [0.4, 0.5) is 0 Å². The summed E-state index contributed by atoms with van der Waals surface area (Å²) in [7, 11) is 0. The standard InChI is InChI=1S/C10H21INO/c1-9(2,3)8(13)7-11-12-10(4,5)6/h12H,7H2,1-6H3/q-1. The first-order chi connectivity index (χ1) is 5.63. The molecule has 0 aliphatic rings. The first-order valence-corrected chi connectivity index (χ1v) is 7.12. The third kappa shape index (κ3) is 7.43. The van der Waals surface area contributed by atoms with Crippen LogP contribution in [-0.2, 0) is 4.79 Å². The van der Waals surface area contributed by atoms with Gasteiger partial charge in [-0.2, -0.15) is 0 Å². The molecule has 0 rings (SSSR count). The number of halogens is 1. The van der Waals surface area contributed by atoms with E-state index in [1.165, 1.54) is 0 Å². The predicted octanol–water partition coefficient (Wildman–Crippen LogP) is -1.01. The van der Waals surface area contributed by atoms with Crippen LogP contribution in [0.2, 0.25) is 0 Å². The van der Waals surface area contributed by atoms with Crippen molar-refractivity contribution < 1.29 is 26.3 Å². The van der Waals surface area contributed by atoms with Gasteiger partial charge in [0.05, 0.1) is 0 Å². The monoisotopic (exact) mass is 298 g/mol. The molecule has 0 aromatic heterocycles. The molecule has 3 heteroatoms. The van der Waals surface area contributed by atoms with Crippen LogP contribution in [0, 0.1) is 5.41 Å². The summed E-state index contributed by atoms with van der Waals surface area (Å²) in [6.45, 7) is 12.3. The summed E-state index contributed by atoms with van der Waals surface area (Å²) in [4.78, 5) is 11.5. The van der Waals surface area contributed by atoms with Crippen LogP contribution in [-0.4, -0.2) is 15.7 Å². The average Bonchev–Trinajstić information content (AvgIpc) is 1.82. The number of hydrogen-bond donors (Lipinski definition) is 1. The van der Waals surface area contributed by atoms with Gasteiger partial charge in [-0.1, -0.05) is 0 Å². The zero-order valence-corrected chi connectivity index (χ0v) is 11.7. The molecular formula is C10H21INO-. The van der Waals surface area contributed by atoms with E-state index in [9.17, 15) is 4.79 Å². The van der Waals surface area contributed by atoms with Crippen molar-refractivity contribution in [3.63, 3.8) is 0 Å². The van der Waals surface area contributed by atoms with Gasteiger partial charge >= 0.3 is 92.5 Å². The van der Waals surface area contributed by atoms with Crippen LogP contribution in [0.15, 0.2) is 0 Å². The fourth-order valence-electron chi connectivity index (χ4n) is 0.495. The second kappa shape index (κ2) is 4.73. The molecule has 0 aliphatic heterocycles. The number of carbonyl (C=O) groups excluding carboxylic acids is 1. The number of carbonyl (C=O) groups is 1. The quantitative estimate of drug-likeness (QED) is 0.411. The van der Waals surface area contributed by atoms with Crippen molar-refractivity contribution in [2.45, 2.75) is 47.1 Å². The number of hydrogen-bond acceptors (Lipinski definition) is 2. The normalized spacial score (nSPS) is 13.4. The molecule has 0 aromatic rings. The molecule has 0 aliphatic carbocycles. The number of Topliss-reactive ketones (excluding diaryl/α,β-unsaturated/α-hetero) is 1. The molecule has 0 aromatic carbocycles. The fraction of sp³-hybridized carbons (Fsp3) is 0.900. The summed E-state index contributed by atoms with van der Waals surface area (Å²) >= 11 is -0.171. The molecule has 0 atom stereocenters. The topological polar surface area (TPSA) is 29.1 Å². The van der Waals surface area contributed by atoms with E-state index in [0.717, 1.165) is 4.43 Å². The molecule has 0 radical (unpaired) electrons. The second-order valence-electron chi connectivity index (χ2n) is 5.28. The first kappa shape index (κ1) is 13.4. The molecule has 13 heavy (non-hydrogen) atoms. The predicted molar refractivity (Wildman–Crippen MR) is 52.2 cm³/mol. The van der Waals surface area contributed by atoms with Crippen LogP contribution in [0.1, 0.15) is 41.5 Å². The van der Waals surface area contributed by atoms with Crippen molar-refractivity contribution in [2.75, 3.05) is 4.43 Å². The van der Waals surface area contributed by atoms with Gasteiger partial charge in [0.15, 0.2) is 0 Å². The van der Waals surface area contributed by atoms with Crippen molar-refractivity contribution in [1.29, 1.82) is 0 Å². The van der Waals surface area contributed by atoms with Crippen LogP contribution in [0.3, 0.4) is 0 Å². The summed E-state index contributed by atoms with van der Waals surface area (Å²) in [6, 6.07) is 0. The van der Waals surface area contributed by atoms with Crippen molar-refractivity contribution in [3.05, 3.63) is 0 Å². The van der Waals surface area contributed by atoms with E-state index in [2.05, 4.69) is 24.3 Å². The molecule has 0 saturated carbocycles. The third-order valence-corrected chi connectivity index (χ3v) is 4.45. The van der Waals surface area contributed by atoms with Crippen LogP contribution >= 0.6 is 0 Å². The Morgan fingerprint density at radius 3 is 1.92 bits per heavy atom. The second-order valence-corrected chi connectivity index (χ2v) is 7.35. The zero-order valence-electron chi connectivity index (χ0n) is 9.49. The van der Waals surface area contributed by atoms with Gasteiger partial charge in [0.25, 0.3) is 0 Å². The molecule has 0 amide bonds. The summed E-state index contributed by atoms with van der Waals surface area (Å²) in [5.74, 6) is 0.372. The number of ketones is 1. The van der Waals surface area contributed by atoms with Gasteiger partial charge in [-0.15, -0.1) is 0 Å². The first-order valence-electron chi connectivity index (χ1n) is 4.51. The van der Waals surface area contributed by atoms with E-state index >= 15 is 0 Å². The van der Waals surface area contributed by atoms with Gasteiger partial charge in [-0.05, 0) is 0 Å². The number of alkyl halides is 1. The van der Waals surface area contributed by atoms with Crippen molar-refractivity contribution in [2.24, 2.45) is 5.41 Å². The Balaban J connectivity index is 3.74. The third-order valence-electron chi connectivity index (χ3n) is 1.37. The maximum atomic E-state index is 11.5. The molecular weight excluding hydrogens is 277 g/mol. The van der Waals surface area contributed by atoms with Gasteiger partial charge in [0.1, 0.15) is 0 Å². The van der Waals surface area contributed by atoms with Gasteiger partial charge in [-0.25, -0.2) is 0 Å². The molecule has 0 spiro atoms. The minimum absolute atomic E-state index is 0.158. The Bertz CT molecular complexity index is 176. The molecule has 2 nitrogen and oxygen atoms in total. The van der Waals surface area contributed by atoms with Crippen LogP contribution < -0.4 is 25.0 Å². The van der Waals surface area contributed by atoms with Gasteiger partial charge in [0.2, 0.25) is 0 Å². The molecule has 0 saturated heterocycles. The van der Waals surface area contributed by atoms with Gasteiger partial charge in [0, 0.05) is 0 Å². The molecule has 0 bridgehead atoms. The summed E-state index contributed by atoms with van der Waals surface area (Å²) in [5.41, 5.74) is -0.00920. The van der Waals surface area contributed by atoms with Gasteiger partial charge in [-0.3, -0.25) is 0 Å². The van der Waals surface area contributed by atoms with Crippen LogP contribution in [0.5, 0.6) is 0 Å². The summed E-state index contributed by atoms with van der Waals surface area (Å²) < 4.78 is 4.15. The Morgan fingerprint density at radius 2 is 1.62 bits per heavy atom.